The molecule has 6 heteroatoms. The third-order valence-corrected chi connectivity index (χ3v) is 4.72. The smallest absolute Gasteiger partial charge is 0.234 e. The fraction of sp³-hybridized carbons (Fsp3) is 0.727. The summed E-state index contributed by atoms with van der Waals surface area (Å²) in [5, 5.41) is 17.6. The molecule has 0 amide bonds. The number of hydrogen-bond donors (Lipinski definition) is 1. The first kappa shape index (κ1) is 11.1. The highest BCUT2D eigenvalue weighted by molar-refractivity contribution is 7.16. The minimum Gasteiger partial charge on any atom is -0.316 e. The van der Waals surface area contributed by atoms with Crippen molar-refractivity contribution in [3.05, 3.63) is 10.8 Å². The normalized spacial score (nSPS) is 24.8. The summed E-state index contributed by atoms with van der Waals surface area (Å²) < 4.78 is 1.87. The lowest BCUT2D eigenvalue weighted by Crippen LogP contribution is -2.28. The minimum absolute atomic E-state index is 0.229. The van der Waals surface area contributed by atoms with Gasteiger partial charge in [-0.1, -0.05) is 24.7 Å². The van der Waals surface area contributed by atoms with Gasteiger partial charge in [0.15, 0.2) is 5.82 Å². The summed E-state index contributed by atoms with van der Waals surface area (Å²) in [7, 11) is 0. The zero-order valence-corrected chi connectivity index (χ0v) is 11.0. The quantitative estimate of drug-likeness (QED) is 0.898. The molecule has 1 fully saturated rings. The molecule has 2 aromatic heterocycles. The molecule has 3 rings (SSSR count). The molecular formula is C11H17N5S. The number of rotatable bonds is 3. The summed E-state index contributed by atoms with van der Waals surface area (Å²) in [4.78, 5) is 0.917. The van der Waals surface area contributed by atoms with Crippen LogP contribution in [-0.2, 0) is 5.41 Å². The number of hydrogen-bond acceptors (Lipinski definition) is 5. The Balaban J connectivity index is 2.05. The molecule has 1 aliphatic heterocycles. The summed E-state index contributed by atoms with van der Waals surface area (Å²) in [6.07, 6.45) is 3.58. The molecule has 0 bridgehead atoms. The van der Waals surface area contributed by atoms with Crippen molar-refractivity contribution in [2.45, 2.75) is 38.5 Å². The van der Waals surface area contributed by atoms with Crippen LogP contribution in [0.25, 0.3) is 4.96 Å². The van der Waals surface area contributed by atoms with E-state index in [9.17, 15) is 0 Å². The van der Waals surface area contributed by atoms with E-state index in [1.54, 1.807) is 11.3 Å². The first-order valence-electron chi connectivity index (χ1n) is 6.15. The molecule has 1 N–H and O–H groups in total. The van der Waals surface area contributed by atoms with Crippen molar-refractivity contribution in [3.8, 4) is 0 Å². The first-order valence-corrected chi connectivity index (χ1v) is 6.97. The number of aromatic nitrogens is 4. The average Bonchev–Trinajstić information content (AvgIpc) is 2.97. The molecule has 5 nitrogen and oxygen atoms in total. The van der Waals surface area contributed by atoms with Gasteiger partial charge in [0.2, 0.25) is 4.96 Å². The van der Waals surface area contributed by atoms with E-state index in [4.69, 9.17) is 5.10 Å². The molecular weight excluding hydrogens is 234 g/mol. The third-order valence-electron chi connectivity index (χ3n) is 3.57. The molecule has 0 aliphatic carbocycles. The van der Waals surface area contributed by atoms with Gasteiger partial charge in [0, 0.05) is 12.0 Å². The fourth-order valence-corrected chi connectivity index (χ4v) is 3.78. The molecule has 1 saturated heterocycles. The molecule has 17 heavy (non-hydrogen) atoms. The van der Waals surface area contributed by atoms with E-state index in [1.807, 2.05) is 11.4 Å². The van der Waals surface area contributed by atoms with Crippen LogP contribution in [0.3, 0.4) is 0 Å². The monoisotopic (exact) mass is 251 g/mol. The third kappa shape index (κ3) is 1.66. The zero-order valence-electron chi connectivity index (χ0n) is 10.2. The second kappa shape index (κ2) is 4.03. The molecule has 0 radical (unpaired) electrons. The predicted octanol–water partition coefficient (Wildman–Crippen LogP) is 1.53. The standard InChI is InChI=1S/C11H17N5S/c1-3-4-11(5-6-12-7-11)9-15-16-8(2)13-14-10(16)17-9/h12H,3-7H2,1-2H3. The summed E-state index contributed by atoms with van der Waals surface area (Å²) in [6, 6.07) is 0. The summed E-state index contributed by atoms with van der Waals surface area (Å²) >= 11 is 1.69. The predicted molar refractivity (Wildman–Crippen MR) is 67.5 cm³/mol. The van der Waals surface area contributed by atoms with Crippen molar-refractivity contribution < 1.29 is 0 Å². The number of fused-ring (bicyclic) bond motifs is 1. The Hall–Kier alpha value is -1.01. The highest BCUT2D eigenvalue weighted by Gasteiger charge is 2.38. The van der Waals surface area contributed by atoms with Crippen molar-refractivity contribution >= 4 is 16.3 Å². The van der Waals surface area contributed by atoms with E-state index in [-0.39, 0.29) is 5.41 Å². The summed E-state index contributed by atoms with van der Waals surface area (Å²) in [5.41, 5.74) is 0.229. The second-order valence-corrected chi connectivity index (χ2v) is 5.76. The van der Waals surface area contributed by atoms with Gasteiger partial charge < -0.3 is 5.32 Å². The maximum absolute atomic E-state index is 4.72. The highest BCUT2D eigenvalue weighted by Crippen LogP contribution is 2.37. The number of nitrogens with one attached hydrogen (secondary N) is 1. The molecule has 0 saturated carbocycles. The number of nitrogens with zero attached hydrogens (tertiary/aromatic N) is 4. The molecule has 3 heterocycles. The van der Waals surface area contributed by atoms with Gasteiger partial charge in [-0.3, -0.25) is 0 Å². The van der Waals surface area contributed by atoms with Crippen LogP contribution < -0.4 is 5.32 Å². The second-order valence-electron chi connectivity index (χ2n) is 4.81. The minimum atomic E-state index is 0.229. The van der Waals surface area contributed by atoms with Gasteiger partial charge in [-0.05, 0) is 26.3 Å². The first-order chi connectivity index (χ1) is 8.25. The van der Waals surface area contributed by atoms with Crippen LogP contribution in [0.5, 0.6) is 0 Å². The van der Waals surface area contributed by atoms with Gasteiger partial charge in [0.1, 0.15) is 5.01 Å². The van der Waals surface area contributed by atoms with Crippen molar-refractivity contribution in [1.82, 2.24) is 25.1 Å². The topological polar surface area (TPSA) is 55.1 Å². The Labute approximate surface area is 104 Å². The molecule has 0 spiro atoms. The van der Waals surface area contributed by atoms with Crippen molar-refractivity contribution in [3.63, 3.8) is 0 Å². The van der Waals surface area contributed by atoms with Crippen molar-refractivity contribution in [1.29, 1.82) is 0 Å². The zero-order chi connectivity index (χ0) is 11.9. The average molecular weight is 251 g/mol. The van der Waals surface area contributed by atoms with E-state index in [0.717, 1.165) is 23.9 Å². The molecule has 1 aliphatic rings. The molecule has 2 aromatic rings. The van der Waals surface area contributed by atoms with Gasteiger partial charge in [0.05, 0.1) is 0 Å². The van der Waals surface area contributed by atoms with Crippen LogP contribution in [0.15, 0.2) is 0 Å². The maximum Gasteiger partial charge on any atom is 0.234 e. The lowest BCUT2D eigenvalue weighted by atomic mass is 9.83. The molecule has 1 unspecified atom stereocenters. The summed E-state index contributed by atoms with van der Waals surface area (Å²) in [5.74, 6) is 0.875. The van der Waals surface area contributed by atoms with Gasteiger partial charge in [-0.15, -0.1) is 10.2 Å². The van der Waals surface area contributed by atoms with Crippen molar-refractivity contribution in [2.24, 2.45) is 0 Å². The molecule has 92 valence electrons. The van der Waals surface area contributed by atoms with E-state index in [1.165, 1.54) is 24.3 Å². The van der Waals surface area contributed by atoms with Gasteiger partial charge in [0.25, 0.3) is 0 Å². The van der Waals surface area contributed by atoms with Crippen LogP contribution in [-0.4, -0.2) is 32.9 Å². The van der Waals surface area contributed by atoms with Crippen LogP contribution in [0.1, 0.15) is 37.0 Å². The number of aryl methyl sites for hydroxylation is 1. The van der Waals surface area contributed by atoms with E-state index in [2.05, 4.69) is 22.4 Å². The van der Waals surface area contributed by atoms with Gasteiger partial charge in [-0.25, -0.2) is 0 Å². The molecule has 1 atom stereocenters. The summed E-state index contributed by atoms with van der Waals surface area (Å²) in [6.45, 7) is 6.33. The molecule has 0 aromatic carbocycles. The SMILES string of the molecule is CCCC1(c2nn3c(C)nnc3s2)CCNC1. The van der Waals surface area contributed by atoms with Crippen LogP contribution in [0, 0.1) is 6.92 Å². The van der Waals surface area contributed by atoms with Crippen molar-refractivity contribution in [2.75, 3.05) is 13.1 Å². The van der Waals surface area contributed by atoms with Crippen LogP contribution in [0.2, 0.25) is 0 Å². The Morgan fingerprint density at radius 3 is 3.00 bits per heavy atom. The Bertz CT molecular complexity index is 523. The Morgan fingerprint density at radius 1 is 1.47 bits per heavy atom. The maximum atomic E-state index is 4.72. The van der Waals surface area contributed by atoms with E-state index < -0.39 is 0 Å². The Kier molecular flexibility index (Phi) is 2.63. The Morgan fingerprint density at radius 2 is 2.35 bits per heavy atom. The lowest BCUT2D eigenvalue weighted by Gasteiger charge is -2.24. The van der Waals surface area contributed by atoms with Gasteiger partial charge in [-0.2, -0.15) is 9.61 Å². The van der Waals surface area contributed by atoms with Crippen LogP contribution >= 0.6 is 11.3 Å². The highest BCUT2D eigenvalue weighted by atomic mass is 32.1. The fourth-order valence-electron chi connectivity index (χ4n) is 2.65. The van der Waals surface area contributed by atoms with E-state index >= 15 is 0 Å². The van der Waals surface area contributed by atoms with Crippen LogP contribution in [0.4, 0.5) is 0 Å². The lowest BCUT2D eigenvalue weighted by molar-refractivity contribution is 0.420. The largest absolute Gasteiger partial charge is 0.316 e. The van der Waals surface area contributed by atoms with E-state index in [0.29, 0.717) is 0 Å². The van der Waals surface area contributed by atoms with Gasteiger partial charge >= 0.3 is 0 Å².